The Labute approximate surface area is 188 Å². The van der Waals surface area contributed by atoms with Crippen LogP contribution >= 0.6 is 0 Å². The Morgan fingerprint density at radius 1 is 1.18 bits per heavy atom. The van der Waals surface area contributed by atoms with Gasteiger partial charge in [-0.1, -0.05) is 0 Å². The second-order valence-electron chi connectivity index (χ2n) is 7.33. The highest BCUT2D eigenvalue weighted by molar-refractivity contribution is 5.89. The molecule has 3 heterocycles. The van der Waals surface area contributed by atoms with Crippen LogP contribution in [0, 0.1) is 6.92 Å². The van der Waals surface area contributed by atoms with Crippen LogP contribution in [0.3, 0.4) is 0 Å². The standard InChI is InChI=1S/C21H23F2N7O3/c1-12-7-18(29-20(26-12)21(3,22)23)28-16-8-17(27-13(2)31)24-10-14(16)15-9-19(32)30(11-25-15)5-6-33-4/h7-11H,5-6H2,1-4H3,(H2,24,26,27,28,29,31). The highest BCUT2D eigenvalue weighted by Gasteiger charge is 2.29. The van der Waals surface area contributed by atoms with Crippen molar-refractivity contribution in [2.75, 3.05) is 24.4 Å². The number of alkyl halides is 2. The summed E-state index contributed by atoms with van der Waals surface area (Å²) in [6, 6.07) is 4.32. The van der Waals surface area contributed by atoms with Gasteiger partial charge in [-0.3, -0.25) is 14.2 Å². The summed E-state index contributed by atoms with van der Waals surface area (Å²) in [5.74, 6) is -3.89. The zero-order valence-corrected chi connectivity index (χ0v) is 18.5. The molecule has 0 spiro atoms. The number of anilines is 3. The van der Waals surface area contributed by atoms with Crippen molar-refractivity contribution in [2.45, 2.75) is 33.2 Å². The number of pyridine rings is 1. The summed E-state index contributed by atoms with van der Waals surface area (Å²) in [6.07, 6.45) is 2.80. The quantitative estimate of drug-likeness (QED) is 0.527. The van der Waals surface area contributed by atoms with Gasteiger partial charge in [0.1, 0.15) is 11.6 Å². The number of methoxy groups -OCH3 is 1. The van der Waals surface area contributed by atoms with E-state index >= 15 is 0 Å². The molecule has 10 nitrogen and oxygen atoms in total. The number of hydrogen-bond donors (Lipinski definition) is 2. The largest absolute Gasteiger partial charge is 0.383 e. The van der Waals surface area contributed by atoms with E-state index in [1.54, 1.807) is 6.92 Å². The van der Waals surface area contributed by atoms with E-state index in [1.807, 2.05) is 0 Å². The normalized spacial score (nSPS) is 11.3. The van der Waals surface area contributed by atoms with Crippen molar-refractivity contribution in [2.24, 2.45) is 0 Å². The van der Waals surface area contributed by atoms with Crippen molar-refractivity contribution in [1.29, 1.82) is 0 Å². The van der Waals surface area contributed by atoms with Gasteiger partial charge in [0, 0.05) is 56.6 Å². The molecule has 0 aliphatic carbocycles. The number of ether oxygens (including phenoxy) is 1. The van der Waals surface area contributed by atoms with E-state index < -0.39 is 11.7 Å². The number of aryl methyl sites for hydroxylation is 1. The molecule has 0 radical (unpaired) electrons. The lowest BCUT2D eigenvalue weighted by Gasteiger charge is -2.15. The Morgan fingerprint density at radius 2 is 1.94 bits per heavy atom. The number of aromatic nitrogens is 5. The Hall–Kier alpha value is -3.80. The third-order valence-corrected chi connectivity index (χ3v) is 4.41. The molecule has 0 saturated heterocycles. The van der Waals surface area contributed by atoms with Crippen LogP contribution < -0.4 is 16.2 Å². The van der Waals surface area contributed by atoms with E-state index in [0.29, 0.717) is 42.7 Å². The summed E-state index contributed by atoms with van der Waals surface area (Å²) in [6.45, 7) is 4.29. The Balaban J connectivity index is 2.06. The topological polar surface area (TPSA) is 124 Å². The molecule has 0 atom stereocenters. The predicted molar refractivity (Wildman–Crippen MR) is 118 cm³/mol. The zero-order valence-electron chi connectivity index (χ0n) is 18.5. The Kier molecular flexibility index (Phi) is 7.07. The average molecular weight is 459 g/mol. The maximum atomic E-state index is 13.8. The molecular formula is C21H23F2N7O3. The average Bonchev–Trinajstić information content (AvgIpc) is 2.71. The first-order valence-electron chi connectivity index (χ1n) is 9.91. The van der Waals surface area contributed by atoms with Gasteiger partial charge in [0.2, 0.25) is 11.7 Å². The molecule has 3 rings (SSSR count). The predicted octanol–water partition coefficient (Wildman–Crippen LogP) is 2.86. The number of hydrogen-bond acceptors (Lipinski definition) is 8. The van der Waals surface area contributed by atoms with Crippen LogP contribution in [0.15, 0.2) is 35.5 Å². The van der Waals surface area contributed by atoms with E-state index in [0.717, 1.165) is 0 Å². The molecule has 0 aromatic carbocycles. The van der Waals surface area contributed by atoms with Crippen molar-refractivity contribution < 1.29 is 18.3 Å². The molecule has 1 amide bonds. The Bertz CT molecular complexity index is 1230. The third-order valence-electron chi connectivity index (χ3n) is 4.41. The minimum absolute atomic E-state index is 0.105. The van der Waals surface area contributed by atoms with Crippen LogP contribution in [-0.4, -0.2) is 44.1 Å². The van der Waals surface area contributed by atoms with Gasteiger partial charge in [0.05, 0.1) is 30.9 Å². The summed E-state index contributed by atoms with van der Waals surface area (Å²) in [7, 11) is 1.53. The van der Waals surface area contributed by atoms with Crippen molar-refractivity contribution in [1.82, 2.24) is 24.5 Å². The number of nitrogens with zero attached hydrogens (tertiary/aromatic N) is 5. The number of amides is 1. The number of nitrogens with one attached hydrogen (secondary N) is 2. The molecule has 12 heteroatoms. The van der Waals surface area contributed by atoms with Crippen molar-refractivity contribution in [3.63, 3.8) is 0 Å². The molecule has 3 aromatic heterocycles. The van der Waals surface area contributed by atoms with Crippen molar-refractivity contribution in [3.8, 4) is 11.3 Å². The molecule has 0 saturated carbocycles. The minimum Gasteiger partial charge on any atom is -0.383 e. The first-order chi connectivity index (χ1) is 15.6. The lowest BCUT2D eigenvalue weighted by molar-refractivity contribution is -0.114. The van der Waals surface area contributed by atoms with E-state index in [4.69, 9.17) is 4.74 Å². The number of rotatable bonds is 8. The van der Waals surface area contributed by atoms with Crippen LogP contribution in [-0.2, 0) is 22.0 Å². The minimum atomic E-state index is -3.24. The van der Waals surface area contributed by atoms with Crippen LogP contribution in [0.25, 0.3) is 11.3 Å². The fourth-order valence-electron chi connectivity index (χ4n) is 2.91. The molecule has 0 fully saturated rings. The van der Waals surface area contributed by atoms with Gasteiger partial charge in [0.15, 0.2) is 0 Å². The van der Waals surface area contributed by atoms with Crippen molar-refractivity contribution in [3.05, 3.63) is 52.6 Å². The van der Waals surface area contributed by atoms with Gasteiger partial charge >= 0.3 is 5.92 Å². The molecule has 0 aliphatic rings. The fraction of sp³-hybridized carbons (Fsp3) is 0.333. The van der Waals surface area contributed by atoms with Gasteiger partial charge in [0.25, 0.3) is 5.56 Å². The van der Waals surface area contributed by atoms with Gasteiger partial charge in [-0.15, -0.1) is 0 Å². The maximum Gasteiger partial charge on any atom is 0.303 e. The first kappa shape index (κ1) is 23.9. The maximum absolute atomic E-state index is 13.8. The third kappa shape index (κ3) is 6.13. The monoisotopic (exact) mass is 459 g/mol. The van der Waals surface area contributed by atoms with Gasteiger partial charge < -0.3 is 15.4 Å². The molecule has 2 N–H and O–H groups in total. The van der Waals surface area contributed by atoms with Gasteiger partial charge in [-0.25, -0.2) is 19.9 Å². The zero-order chi connectivity index (χ0) is 24.2. The number of carbonyl (C=O) groups is 1. The summed E-state index contributed by atoms with van der Waals surface area (Å²) in [5, 5.41) is 5.52. The van der Waals surface area contributed by atoms with Gasteiger partial charge in [-0.2, -0.15) is 8.78 Å². The van der Waals surface area contributed by atoms with Crippen molar-refractivity contribution >= 4 is 23.2 Å². The first-order valence-corrected chi connectivity index (χ1v) is 9.91. The second kappa shape index (κ2) is 9.77. The van der Waals surface area contributed by atoms with Crippen LogP contribution in [0.4, 0.5) is 26.1 Å². The SMILES string of the molecule is COCCn1cnc(-c2cnc(NC(C)=O)cc2Nc2cc(C)nc(C(C)(F)F)n2)cc1=O. The van der Waals surface area contributed by atoms with Crippen LogP contribution in [0.2, 0.25) is 0 Å². The Morgan fingerprint density at radius 3 is 2.58 bits per heavy atom. The summed E-state index contributed by atoms with van der Waals surface area (Å²) >= 11 is 0. The van der Waals surface area contributed by atoms with E-state index in [1.165, 1.54) is 49.3 Å². The lowest BCUT2D eigenvalue weighted by Crippen LogP contribution is -2.22. The van der Waals surface area contributed by atoms with E-state index in [9.17, 15) is 18.4 Å². The van der Waals surface area contributed by atoms with E-state index in [-0.39, 0.29) is 23.1 Å². The number of carbonyl (C=O) groups excluding carboxylic acids is 1. The summed E-state index contributed by atoms with van der Waals surface area (Å²) in [4.78, 5) is 40.1. The van der Waals surface area contributed by atoms with E-state index in [2.05, 4.69) is 30.6 Å². The highest BCUT2D eigenvalue weighted by atomic mass is 19.3. The molecule has 0 aliphatic heterocycles. The molecule has 33 heavy (non-hydrogen) atoms. The molecule has 3 aromatic rings. The fourth-order valence-corrected chi connectivity index (χ4v) is 2.91. The molecule has 0 bridgehead atoms. The number of halogens is 2. The lowest BCUT2D eigenvalue weighted by atomic mass is 10.1. The summed E-state index contributed by atoms with van der Waals surface area (Å²) in [5.41, 5.74) is 1.07. The molecule has 174 valence electrons. The molecular weight excluding hydrogens is 436 g/mol. The van der Waals surface area contributed by atoms with Crippen LogP contribution in [0.1, 0.15) is 25.4 Å². The van der Waals surface area contributed by atoms with Crippen LogP contribution in [0.5, 0.6) is 0 Å². The van der Waals surface area contributed by atoms with Gasteiger partial charge in [-0.05, 0) is 6.92 Å². The highest BCUT2D eigenvalue weighted by Crippen LogP contribution is 2.31. The molecule has 0 unspecified atom stereocenters. The smallest absolute Gasteiger partial charge is 0.303 e. The summed E-state index contributed by atoms with van der Waals surface area (Å²) < 4.78 is 34.0. The second-order valence-corrected chi connectivity index (χ2v) is 7.33.